The zero-order valence-electron chi connectivity index (χ0n) is 22.5. The molecular formula is C28H27N5O9. The molecule has 0 radical (unpaired) electrons. The van der Waals surface area contributed by atoms with E-state index in [1.54, 1.807) is 18.2 Å². The third-order valence-corrected chi connectivity index (χ3v) is 8.14. The number of nitrogens with one attached hydrogen (secondary N) is 1. The Kier molecular flexibility index (Phi) is 6.91. The van der Waals surface area contributed by atoms with E-state index in [2.05, 4.69) is 15.5 Å². The fourth-order valence-corrected chi connectivity index (χ4v) is 6.41. The average molecular weight is 578 g/mol. The van der Waals surface area contributed by atoms with Gasteiger partial charge in [0.05, 0.1) is 23.0 Å². The molecule has 0 unspecified atom stereocenters. The van der Waals surface area contributed by atoms with E-state index in [0.29, 0.717) is 16.8 Å². The van der Waals surface area contributed by atoms with E-state index in [1.807, 2.05) is 0 Å². The van der Waals surface area contributed by atoms with Crippen molar-refractivity contribution in [1.82, 2.24) is 9.88 Å². The van der Waals surface area contributed by atoms with E-state index in [9.17, 15) is 44.5 Å². The summed E-state index contributed by atoms with van der Waals surface area (Å²) in [6, 6.07) is 5.23. The number of nitroso groups, excluding NO2 is 1. The molecule has 0 bridgehead atoms. The number of nitrogens with two attached hydrogens (primary N) is 1. The molecule has 1 aromatic carbocycles. The lowest BCUT2D eigenvalue weighted by Crippen LogP contribution is -2.65. The van der Waals surface area contributed by atoms with E-state index in [4.69, 9.17) is 5.73 Å². The summed E-state index contributed by atoms with van der Waals surface area (Å²) in [6.45, 7) is -0.753. The van der Waals surface area contributed by atoms with Crippen molar-refractivity contribution in [3.8, 4) is 17.0 Å². The van der Waals surface area contributed by atoms with Crippen LogP contribution in [0.4, 0.5) is 5.69 Å². The predicted molar refractivity (Wildman–Crippen MR) is 147 cm³/mol. The molecular weight excluding hydrogens is 550 g/mol. The van der Waals surface area contributed by atoms with Crippen molar-refractivity contribution in [2.24, 2.45) is 22.7 Å². The molecule has 4 atom stereocenters. The lowest BCUT2D eigenvalue weighted by molar-refractivity contribution is -0.153. The van der Waals surface area contributed by atoms with Crippen molar-refractivity contribution in [3.63, 3.8) is 0 Å². The van der Waals surface area contributed by atoms with Crippen LogP contribution in [0.1, 0.15) is 17.5 Å². The van der Waals surface area contributed by atoms with Crippen LogP contribution in [0.15, 0.2) is 52.5 Å². The van der Waals surface area contributed by atoms with E-state index in [0.717, 1.165) is 0 Å². The molecule has 1 saturated carbocycles. The molecule has 7 N–H and O–H groups in total. The van der Waals surface area contributed by atoms with Gasteiger partial charge in [-0.1, -0.05) is 11.2 Å². The number of pyridine rings is 1. The van der Waals surface area contributed by atoms with Gasteiger partial charge in [-0.25, -0.2) is 0 Å². The molecule has 0 spiro atoms. The van der Waals surface area contributed by atoms with Crippen LogP contribution >= 0.6 is 0 Å². The van der Waals surface area contributed by atoms with Crippen LogP contribution in [0.2, 0.25) is 0 Å². The lowest BCUT2D eigenvalue weighted by atomic mass is 9.57. The maximum absolute atomic E-state index is 14.0. The van der Waals surface area contributed by atoms with Crippen molar-refractivity contribution < 1.29 is 39.6 Å². The topological polar surface area (TPSA) is 233 Å². The average Bonchev–Trinajstić information content (AvgIpc) is 2.92. The van der Waals surface area contributed by atoms with Crippen LogP contribution in [0.25, 0.3) is 17.0 Å². The molecule has 14 heteroatoms. The first kappa shape index (κ1) is 28.6. The molecule has 1 fully saturated rings. The molecule has 42 heavy (non-hydrogen) atoms. The number of likely N-dealkylation sites (N-methyl/N-ethyl adjacent to an activating group) is 1. The van der Waals surface area contributed by atoms with Crippen LogP contribution < -0.4 is 11.1 Å². The summed E-state index contributed by atoms with van der Waals surface area (Å²) in [4.78, 5) is 68.0. The van der Waals surface area contributed by atoms with Gasteiger partial charge in [0.2, 0.25) is 11.7 Å². The number of aromatic nitrogens is 1. The first-order valence-corrected chi connectivity index (χ1v) is 12.9. The monoisotopic (exact) mass is 577 g/mol. The highest BCUT2D eigenvalue weighted by atomic mass is 16.3. The second kappa shape index (κ2) is 10.2. The number of carbonyl (C=O) groups is 4. The van der Waals surface area contributed by atoms with Crippen molar-refractivity contribution in [1.29, 1.82) is 0 Å². The van der Waals surface area contributed by atoms with Gasteiger partial charge in [0.1, 0.15) is 22.8 Å². The SMILES string of the molecule is CN(C)[C@@H]1C(=O)C(C(N)=O)=C(O)[C@@]2(O)C(=O)C3=C(O)c4c(O)c(NC(=O)CN=O)cc(-c5ccccn5)c4C[C@H]3C[C@@H]12. The summed E-state index contributed by atoms with van der Waals surface area (Å²) in [7, 11) is 3.03. The van der Waals surface area contributed by atoms with Gasteiger partial charge in [-0.15, -0.1) is 0 Å². The molecule has 14 nitrogen and oxygen atoms in total. The third-order valence-electron chi connectivity index (χ3n) is 8.14. The van der Waals surface area contributed by atoms with Gasteiger partial charge in [0, 0.05) is 23.3 Å². The number of primary amides is 1. The van der Waals surface area contributed by atoms with Crippen LogP contribution in [0.3, 0.4) is 0 Å². The second-order valence-corrected chi connectivity index (χ2v) is 10.7. The van der Waals surface area contributed by atoms with Crippen LogP contribution in [0.5, 0.6) is 5.75 Å². The minimum atomic E-state index is -2.79. The fourth-order valence-electron chi connectivity index (χ4n) is 6.41. The zero-order chi connectivity index (χ0) is 30.7. The number of aromatic hydroxyl groups is 1. The van der Waals surface area contributed by atoms with Gasteiger partial charge in [-0.2, -0.15) is 4.91 Å². The van der Waals surface area contributed by atoms with Crippen LogP contribution in [-0.4, -0.2) is 86.0 Å². The number of hydrogen-bond acceptors (Lipinski definition) is 12. The first-order valence-electron chi connectivity index (χ1n) is 12.9. The number of benzene rings is 1. The number of fused-ring (bicyclic) bond motifs is 3. The van der Waals surface area contributed by atoms with E-state index in [1.165, 1.54) is 31.3 Å². The lowest BCUT2D eigenvalue weighted by Gasteiger charge is -2.50. The normalized spacial score (nSPS) is 25.1. The number of Topliss-reactive ketones (excluding diaryl/α,β-unsaturated/α-hetero) is 2. The Morgan fingerprint density at radius 1 is 1.21 bits per heavy atom. The van der Waals surface area contributed by atoms with Gasteiger partial charge in [-0.3, -0.25) is 29.1 Å². The molecule has 0 aliphatic heterocycles. The maximum atomic E-state index is 14.0. The van der Waals surface area contributed by atoms with Gasteiger partial charge in [0.15, 0.2) is 17.9 Å². The van der Waals surface area contributed by atoms with E-state index < -0.39 is 76.2 Å². The summed E-state index contributed by atoms with van der Waals surface area (Å²) in [5.74, 6) is -8.77. The molecule has 5 rings (SSSR count). The number of anilines is 1. The number of carbonyl (C=O) groups excluding carboxylic acids is 4. The number of ketones is 2. The molecule has 0 saturated heterocycles. The number of nitrogens with zero attached hydrogens (tertiary/aromatic N) is 3. The maximum Gasteiger partial charge on any atom is 0.255 e. The molecule has 3 aliphatic carbocycles. The summed E-state index contributed by atoms with van der Waals surface area (Å²) in [5.41, 5.74) is 2.02. The standard InChI is InChI=1S/C28H27N5O9/c1-33(2)21-14-8-11-7-13-12(15-5-3-4-6-30-15)9-16(32-17(34)10-31-42)22(35)19(13)23(36)18(11)25(38)28(14,41)26(39)20(24(21)37)27(29)40/h3-6,9,11,14,21,35-36,39,41H,7-8,10H2,1-2H3,(H2,29,40)(H,32,34)/t11-,14-,21-,28-/m0/s1. The minimum Gasteiger partial charge on any atom is -0.508 e. The largest absolute Gasteiger partial charge is 0.508 e. The van der Waals surface area contributed by atoms with Gasteiger partial charge in [-0.05, 0) is 56.6 Å². The molecule has 1 aromatic heterocycles. The Bertz CT molecular complexity index is 1630. The Balaban J connectivity index is 1.77. The Labute approximate surface area is 238 Å². The molecule has 1 heterocycles. The first-order chi connectivity index (χ1) is 19.8. The summed E-state index contributed by atoms with van der Waals surface area (Å²) < 4.78 is 0. The van der Waals surface area contributed by atoms with E-state index >= 15 is 0 Å². The van der Waals surface area contributed by atoms with E-state index in [-0.39, 0.29) is 29.7 Å². The fraction of sp³-hybridized carbons (Fsp3) is 0.321. The number of phenolic OH excluding ortho intramolecular Hbond substituents is 1. The minimum absolute atomic E-state index is 0.0259. The van der Waals surface area contributed by atoms with Gasteiger partial charge in [0.25, 0.3) is 5.91 Å². The molecule has 3 aliphatic rings. The summed E-state index contributed by atoms with van der Waals surface area (Å²) in [5, 5.41) is 50.4. The third kappa shape index (κ3) is 4.06. The predicted octanol–water partition coefficient (Wildman–Crippen LogP) is 0.731. The smallest absolute Gasteiger partial charge is 0.255 e. The molecule has 2 amide bonds. The Hall–Kier alpha value is -4.95. The van der Waals surface area contributed by atoms with Crippen molar-refractivity contribution >= 4 is 34.8 Å². The van der Waals surface area contributed by atoms with Crippen molar-refractivity contribution in [2.45, 2.75) is 24.5 Å². The molecule has 2 aromatic rings. The van der Waals surface area contributed by atoms with Crippen molar-refractivity contribution in [3.05, 3.63) is 63.4 Å². The quantitative estimate of drug-likeness (QED) is 0.159. The van der Waals surface area contributed by atoms with Gasteiger partial charge >= 0.3 is 0 Å². The second-order valence-electron chi connectivity index (χ2n) is 10.7. The highest BCUT2D eigenvalue weighted by Crippen LogP contribution is 2.54. The highest BCUT2D eigenvalue weighted by molar-refractivity contribution is 6.24. The van der Waals surface area contributed by atoms with Crippen LogP contribution in [-0.2, 0) is 25.6 Å². The number of phenols is 1. The number of aliphatic hydroxyl groups is 3. The number of aliphatic hydroxyl groups excluding tert-OH is 2. The summed E-state index contributed by atoms with van der Waals surface area (Å²) in [6.07, 6.45) is 1.45. The van der Waals surface area contributed by atoms with Gasteiger partial charge < -0.3 is 31.5 Å². The number of rotatable bonds is 6. The molecule has 218 valence electrons. The highest BCUT2D eigenvalue weighted by Gasteiger charge is 2.64. The van der Waals surface area contributed by atoms with Crippen molar-refractivity contribution in [2.75, 3.05) is 26.0 Å². The number of amides is 2. The Morgan fingerprint density at radius 2 is 1.93 bits per heavy atom. The zero-order valence-corrected chi connectivity index (χ0v) is 22.5. The number of hydrogen-bond donors (Lipinski definition) is 6. The summed E-state index contributed by atoms with van der Waals surface area (Å²) >= 11 is 0. The Morgan fingerprint density at radius 3 is 2.52 bits per heavy atom. The van der Waals surface area contributed by atoms with Crippen LogP contribution in [0, 0.1) is 16.7 Å².